The lowest BCUT2D eigenvalue weighted by Gasteiger charge is -2.18. The Labute approximate surface area is 141 Å². The Morgan fingerprint density at radius 1 is 1.48 bits per heavy atom. The second kappa shape index (κ2) is 7.11. The molecule has 23 heavy (non-hydrogen) atoms. The fraction of sp³-hybridized carbons (Fsp3) is 0.667. The van der Waals surface area contributed by atoms with Crippen LogP contribution in [0.15, 0.2) is 22.0 Å². The van der Waals surface area contributed by atoms with E-state index in [0.29, 0.717) is 10.8 Å². The zero-order valence-corrected chi connectivity index (χ0v) is 14.5. The molecule has 0 aromatic carbocycles. The molecule has 0 bridgehead atoms. The van der Waals surface area contributed by atoms with E-state index in [9.17, 15) is 4.79 Å². The highest BCUT2D eigenvalue weighted by molar-refractivity contribution is 8.03. The van der Waals surface area contributed by atoms with Gasteiger partial charge in [0.05, 0.1) is 11.5 Å². The van der Waals surface area contributed by atoms with Gasteiger partial charge in [-0.2, -0.15) is 5.26 Å². The summed E-state index contributed by atoms with van der Waals surface area (Å²) in [5, 5.41) is 11.0. The van der Waals surface area contributed by atoms with Crippen LogP contribution in [0.4, 0.5) is 0 Å². The third kappa shape index (κ3) is 4.19. The maximum Gasteiger partial charge on any atom is 0.265 e. The van der Waals surface area contributed by atoms with Crippen LogP contribution in [-0.4, -0.2) is 17.8 Å². The van der Waals surface area contributed by atoms with Gasteiger partial charge in [0, 0.05) is 24.8 Å². The third-order valence-electron chi connectivity index (χ3n) is 4.79. The summed E-state index contributed by atoms with van der Waals surface area (Å²) in [6, 6.07) is 1.92. The second-order valence-electron chi connectivity index (χ2n) is 6.94. The minimum Gasteiger partial charge on any atom is -0.381 e. The van der Waals surface area contributed by atoms with E-state index >= 15 is 0 Å². The van der Waals surface area contributed by atoms with Crippen LogP contribution in [0.25, 0.3) is 0 Å². The van der Waals surface area contributed by atoms with Crippen molar-refractivity contribution in [3.05, 3.63) is 28.2 Å². The van der Waals surface area contributed by atoms with Crippen molar-refractivity contribution in [1.29, 1.82) is 5.26 Å². The van der Waals surface area contributed by atoms with Crippen LogP contribution >= 0.6 is 11.8 Å². The van der Waals surface area contributed by atoms with Crippen molar-refractivity contribution in [2.45, 2.75) is 62.8 Å². The van der Waals surface area contributed by atoms with Gasteiger partial charge in [0.15, 0.2) is 0 Å². The number of nitrogens with zero attached hydrogens (tertiary/aromatic N) is 2. The Balaban J connectivity index is 1.74. The van der Waals surface area contributed by atoms with Crippen LogP contribution < -0.4 is 5.56 Å². The molecular formula is C18H24N2O2S. The lowest BCUT2D eigenvalue weighted by Crippen LogP contribution is -2.28. The van der Waals surface area contributed by atoms with Crippen LogP contribution in [0.5, 0.6) is 0 Å². The number of rotatable bonds is 9. The number of ether oxygens (including phenoxy) is 1. The van der Waals surface area contributed by atoms with Crippen LogP contribution in [0.2, 0.25) is 0 Å². The quantitative estimate of drug-likeness (QED) is 0.391. The predicted molar refractivity (Wildman–Crippen MR) is 91.5 cm³/mol. The molecule has 1 aromatic heterocycles. The summed E-state index contributed by atoms with van der Waals surface area (Å²) in [6.07, 6.45) is 8.90. The zero-order chi connectivity index (χ0) is 16.3. The number of hydrogen-bond donors (Lipinski definition) is 0. The molecule has 0 atom stereocenters. The largest absolute Gasteiger partial charge is 0.381 e. The van der Waals surface area contributed by atoms with E-state index < -0.39 is 0 Å². The van der Waals surface area contributed by atoms with E-state index in [2.05, 4.69) is 6.92 Å². The first-order valence-electron chi connectivity index (χ1n) is 8.55. The molecule has 2 saturated carbocycles. The van der Waals surface area contributed by atoms with Gasteiger partial charge in [-0.05, 0) is 61.4 Å². The number of aromatic nitrogens is 1. The Morgan fingerprint density at radius 2 is 2.26 bits per heavy atom. The van der Waals surface area contributed by atoms with Gasteiger partial charge in [-0.15, -0.1) is 0 Å². The average molecular weight is 332 g/mol. The number of nitriles is 1. The van der Waals surface area contributed by atoms with Crippen LogP contribution in [-0.2, 0) is 11.3 Å². The van der Waals surface area contributed by atoms with Gasteiger partial charge in [-0.3, -0.25) is 4.79 Å². The molecule has 1 heterocycles. The van der Waals surface area contributed by atoms with Gasteiger partial charge in [0.25, 0.3) is 5.56 Å². The molecule has 3 rings (SSSR count). The molecular weight excluding hydrogens is 308 g/mol. The van der Waals surface area contributed by atoms with Crippen molar-refractivity contribution in [2.24, 2.45) is 5.41 Å². The molecule has 0 unspecified atom stereocenters. The first-order valence-corrected chi connectivity index (χ1v) is 9.37. The van der Waals surface area contributed by atoms with E-state index in [1.807, 2.05) is 22.2 Å². The lowest BCUT2D eigenvalue weighted by atomic mass is 10.1. The Kier molecular flexibility index (Phi) is 5.13. The highest BCUT2D eigenvalue weighted by atomic mass is 32.2. The molecule has 0 radical (unpaired) electrons. The maximum absolute atomic E-state index is 12.6. The summed E-state index contributed by atoms with van der Waals surface area (Å²) in [5.74, 6) is 0.579. The molecule has 2 fully saturated rings. The van der Waals surface area contributed by atoms with E-state index in [4.69, 9.17) is 10.00 Å². The Bertz CT molecular complexity index is 654. The molecule has 0 spiro atoms. The van der Waals surface area contributed by atoms with Gasteiger partial charge < -0.3 is 9.30 Å². The first-order chi connectivity index (χ1) is 11.2. The molecule has 2 aliphatic rings. The highest BCUT2D eigenvalue weighted by Crippen LogP contribution is 2.47. The lowest BCUT2D eigenvalue weighted by molar-refractivity contribution is 0.0806. The fourth-order valence-corrected chi connectivity index (χ4v) is 3.43. The SMILES string of the molecule is CCCCOCC1(Cn2cc(C3CC3)cc(SC#N)c2=O)CC1. The smallest absolute Gasteiger partial charge is 0.265 e. The van der Waals surface area contributed by atoms with Gasteiger partial charge in [-0.1, -0.05) is 13.3 Å². The van der Waals surface area contributed by atoms with Crippen molar-refractivity contribution in [2.75, 3.05) is 13.2 Å². The topological polar surface area (TPSA) is 55.0 Å². The number of thioether (sulfide) groups is 1. The van der Waals surface area contributed by atoms with Crippen molar-refractivity contribution in [3.8, 4) is 5.40 Å². The van der Waals surface area contributed by atoms with Gasteiger partial charge in [-0.25, -0.2) is 0 Å². The highest BCUT2D eigenvalue weighted by Gasteiger charge is 2.43. The minimum absolute atomic E-state index is 0.0271. The fourth-order valence-electron chi connectivity index (χ4n) is 2.93. The summed E-state index contributed by atoms with van der Waals surface area (Å²) in [7, 11) is 0. The summed E-state index contributed by atoms with van der Waals surface area (Å²) < 4.78 is 7.65. The second-order valence-corrected chi connectivity index (χ2v) is 7.77. The van der Waals surface area contributed by atoms with Crippen molar-refractivity contribution in [1.82, 2.24) is 4.57 Å². The third-order valence-corrected chi connectivity index (χ3v) is 5.40. The molecule has 0 aliphatic heterocycles. The number of pyridine rings is 1. The van der Waals surface area contributed by atoms with E-state index in [0.717, 1.165) is 57.2 Å². The van der Waals surface area contributed by atoms with Gasteiger partial charge >= 0.3 is 0 Å². The molecule has 0 saturated heterocycles. The normalized spacial score (nSPS) is 18.6. The van der Waals surface area contributed by atoms with E-state index in [1.54, 1.807) is 0 Å². The van der Waals surface area contributed by atoms with Gasteiger partial charge in [0.2, 0.25) is 0 Å². The van der Waals surface area contributed by atoms with Crippen molar-refractivity contribution < 1.29 is 4.74 Å². The summed E-state index contributed by atoms with van der Waals surface area (Å²) in [5.41, 5.74) is 1.32. The molecule has 5 heteroatoms. The van der Waals surface area contributed by atoms with E-state index in [-0.39, 0.29) is 11.0 Å². The van der Waals surface area contributed by atoms with Crippen molar-refractivity contribution in [3.63, 3.8) is 0 Å². The molecule has 4 nitrogen and oxygen atoms in total. The molecule has 124 valence electrons. The molecule has 0 amide bonds. The number of hydrogen-bond acceptors (Lipinski definition) is 4. The van der Waals surface area contributed by atoms with Crippen LogP contribution in [0.3, 0.4) is 0 Å². The average Bonchev–Trinajstić information content (AvgIpc) is 3.43. The zero-order valence-electron chi connectivity index (χ0n) is 13.7. The standard InChI is InChI=1S/C18H24N2O2S/c1-2-3-8-22-12-18(6-7-18)11-20-10-15(14-4-5-14)9-16(17(20)21)23-13-19/h9-10,14H,2-8,11-12H2,1H3. The maximum atomic E-state index is 12.6. The Hall–Kier alpha value is -1.25. The molecule has 0 N–H and O–H groups in total. The Morgan fingerprint density at radius 3 is 2.87 bits per heavy atom. The predicted octanol–water partition coefficient (Wildman–Crippen LogP) is 3.90. The van der Waals surface area contributed by atoms with Crippen molar-refractivity contribution >= 4 is 11.8 Å². The molecule has 2 aliphatic carbocycles. The monoisotopic (exact) mass is 332 g/mol. The van der Waals surface area contributed by atoms with Crippen LogP contribution in [0, 0.1) is 16.1 Å². The van der Waals surface area contributed by atoms with Crippen LogP contribution in [0.1, 0.15) is 56.9 Å². The number of unbranched alkanes of at least 4 members (excludes halogenated alkanes) is 1. The minimum atomic E-state index is -0.0271. The van der Waals surface area contributed by atoms with E-state index in [1.165, 1.54) is 18.4 Å². The molecule has 1 aromatic rings. The summed E-state index contributed by atoms with van der Waals surface area (Å²) in [4.78, 5) is 13.2. The number of thiocyanates is 1. The first kappa shape index (κ1) is 16.6. The summed E-state index contributed by atoms with van der Waals surface area (Å²) >= 11 is 0.987. The summed E-state index contributed by atoms with van der Waals surface area (Å²) in [6.45, 7) is 4.43. The van der Waals surface area contributed by atoms with Gasteiger partial charge in [0.1, 0.15) is 5.40 Å².